The van der Waals surface area contributed by atoms with Crippen molar-refractivity contribution in [2.24, 2.45) is 11.5 Å². The standard InChI is InChI=1S/C30H34N10O5/c1-4-40-25(13-17(2)37-40)28(44)36-30-35-22-15-19(27(32)43)6-8-24(22)39(30)12-10-20(45-3)9-11-38-23-7-5-18(26(31)42)14-21(23)34-29(38)33-16-41/h5-8,13-16,20H,4,9-12H2,1-3H3,(H2,31,42)(H2,32,43)(H,33,34,41)(H,35,36,44). The summed E-state index contributed by atoms with van der Waals surface area (Å²) in [6, 6.07) is 11.6. The summed E-state index contributed by atoms with van der Waals surface area (Å²) in [6.07, 6.45) is 1.37. The van der Waals surface area contributed by atoms with E-state index < -0.39 is 11.8 Å². The average Bonchev–Trinajstić information content (AvgIpc) is 3.68. The predicted octanol–water partition coefficient (Wildman–Crippen LogP) is 2.42. The first-order chi connectivity index (χ1) is 21.6. The molecule has 0 saturated heterocycles. The Bertz CT molecular complexity index is 1920. The van der Waals surface area contributed by atoms with E-state index in [0.29, 0.717) is 84.2 Å². The Morgan fingerprint density at radius 2 is 1.47 bits per heavy atom. The Balaban J connectivity index is 1.39. The molecular formula is C30H34N10O5. The van der Waals surface area contributed by atoms with Crippen LogP contribution in [0, 0.1) is 6.92 Å². The van der Waals surface area contributed by atoms with E-state index in [2.05, 4.69) is 25.7 Å². The number of methoxy groups -OCH3 is 1. The van der Waals surface area contributed by atoms with Crippen LogP contribution < -0.4 is 22.1 Å². The fourth-order valence-electron chi connectivity index (χ4n) is 5.34. The van der Waals surface area contributed by atoms with Gasteiger partial charge in [0.1, 0.15) is 5.69 Å². The number of carbonyl (C=O) groups excluding carboxylic acids is 4. The van der Waals surface area contributed by atoms with Crippen molar-refractivity contribution in [2.45, 2.75) is 52.4 Å². The van der Waals surface area contributed by atoms with Crippen LogP contribution >= 0.6 is 0 Å². The molecule has 2 aromatic carbocycles. The van der Waals surface area contributed by atoms with Gasteiger partial charge in [-0.2, -0.15) is 5.10 Å². The molecule has 0 bridgehead atoms. The summed E-state index contributed by atoms with van der Waals surface area (Å²) in [5.74, 6) is -0.894. The number of anilines is 2. The minimum atomic E-state index is -0.583. The number of ether oxygens (including phenoxy) is 1. The monoisotopic (exact) mass is 614 g/mol. The van der Waals surface area contributed by atoms with E-state index in [1.54, 1.807) is 54.3 Å². The lowest BCUT2D eigenvalue weighted by atomic mass is 10.1. The Hall–Kier alpha value is -5.57. The van der Waals surface area contributed by atoms with Crippen LogP contribution in [0.1, 0.15) is 56.7 Å². The van der Waals surface area contributed by atoms with E-state index >= 15 is 0 Å². The number of aryl methyl sites for hydroxylation is 4. The first-order valence-electron chi connectivity index (χ1n) is 14.3. The van der Waals surface area contributed by atoms with E-state index in [1.807, 2.05) is 23.0 Å². The molecular weight excluding hydrogens is 580 g/mol. The van der Waals surface area contributed by atoms with Crippen LogP contribution in [0.5, 0.6) is 0 Å². The molecule has 5 rings (SSSR count). The summed E-state index contributed by atoms with van der Waals surface area (Å²) in [5.41, 5.74) is 15.1. The molecule has 0 spiro atoms. The van der Waals surface area contributed by atoms with Crippen LogP contribution in [0.15, 0.2) is 42.5 Å². The van der Waals surface area contributed by atoms with Gasteiger partial charge in [-0.25, -0.2) is 9.97 Å². The lowest BCUT2D eigenvalue weighted by Crippen LogP contribution is -2.21. The van der Waals surface area contributed by atoms with Crippen molar-refractivity contribution in [3.63, 3.8) is 0 Å². The molecule has 0 aliphatic heterocycles. The van der Waals surface area contributed by atoms with Crippen LogP contribution in [-0.4, -0.2) is 66.2 Å². The first kappa shape index (κ1) is 30.9. The highest BCUT2D eigenvalue weighted by atomic mass is 16.5. The smallest absolute Gasteiger partial charge is 0.276 e. The number of imidazole rings is 2. The number of fused-ring (bicyclic) bond motifs is 2. The molecule has 0 aliphatic carbocycles. The fourth-order valence-corrected chi connectivity index (χ4v) is 5.34. The highest BCUT2D eigenvalue weighted by Gasteiger charge is 2.21. The highest BCUT2D eigenvalue weighted by molar-refractivity contribution is 6.03. The Morgan fingerprint density at radius 1 is 0.911 bits per heavy atom. The minimum absolute atomic E-state index is 0.244. The fraction of sp³-hybridized carbons (Fsp3) is 0.300. The molecule has 234 valence electrons. The van der Waals surface area contributed by atoms with E-state index in [0.717, 1.165) is 11.2 Å². The predicted molar refractivity (Wildman–Crippen MR) is 167 cm³/mol. The van der Waals surface area contributed by atoms with E-state index in [9.17, 15) is 19.2 Å². The van der Waals surface area contributed by atoms with Gasteiger partial charge in [-0.1, -0.05) is 0 Å². The van der Waals surface area contributed by atoms with Gasteiger partial charge in [0.15, 0.2) is 0 Å². The van der Waals surface area contributed by atoms with E-state index in [1.165, 1.54) is 0 Å². The normalized spacial score (nSPS) is 12.0. The highest BCUT2D eigenvalue weighted by Crippen LogP contribution is 2.25. The van der Waals surface area contributed by atoms with E-state index in [-0.39, 0.29) is 12.0 Å². The zero-order valence-corrected chi connectivity index (χ0v) is 25.1. The molecule has 3 heterocycles. The maximum absolute atomic E-state index is 13.3. The number of nitrogens with zero attached hydrogens (tertiary/aromatic N) is 6. The molecule has 0 fully saturated rings. The first-order valence-corrected chi connectivity index (χ1v) is 14.3. The van der Waals surface area contributed by atoms with Crippen LogP contribution in [0.3, 0.4) is 0 Å². The van der Waals surface area contributed by atoms with E-state index in [4.69, 9.17) is 16.2 Å². The van der Waals surface area contributed by atoms with Crippen molar-refractivity contribution >= 4 is 58.1 Å². The molecule has 15 nitrogen and oxygen atoms in total. The molecule has 6 N–H and O–H groups in total. The maximum Gasteiger partial charge on any atom is 0.276 e. The summed E-state index contributed by atoms with van der Waals surface area (Å²) in [4.78, 5) is 57.1. The Labute approximate surface area is 257 Å². The number of rotatable bonds is 14. The lowest BCUT2D eigenvalue weighted by Gasteiger charge is -2.18. The van der Waals surface area contributed by atoms with Crippen molar-refractivity contribution in [1.82, 2.24) is 28.9 Å². The number of hydrogen-bond donors (Lipinski definition) is 4. The average molecular weight is 615 g/mol. The van der Waals surface area contributed by atoms with Crippen molar-refractivity contribution < 1.29 is 23.9 Å². The number of nitrogens with two attached hydrogens (primary N) is 2. The molecule has 5 aromatic rings. The Kier molecular flexibility index (Phi) is 8.90. The lowest BCUT2D eigenvalue weighted by molar-refractivity contribution is -0.105. The Morgan fingerprint density at radius 3 is 1.98 bits per heavy atom. The molecule has 0 aliphatic rings. The third-order valence-corrected chi connectivity index (χ3v) is 7.60. The van der Waals surface area contributed by atoms with Gasteiger partial charge in [-0.15, -0.1) is 0 Å². The number of benzene rings is 2. The van der Waals surface area contributed by atoms with Gasteiger partial charge in [0.05, 0.1) is 33.9 Å². The van der Waals surface area contributed by atoms with Gasteiger partial charge in [0.25, 0.3) is 5.91 Å². The maximum atomic E-state index is 13.3. The topological polar surface area (TPSA) is 207 Å². The second kappa shape index (κ2) is 13.0. The molecule has 0 saturated carbocycles. The largest absolute Gasteiger partial charge is 0.381 e. The molecule has 45 heavy (non-hydrogen) atoms. The summed E-state index contributed by atoms with van der Waals surface area (Å²) < 4.78 is 11.1. The quantitative estimate of drug-likeness (QED) is 0.136. The zero-order chi connectivity index (χ0) is 32.2. The molecule has 0 radical (unpaired) electrons. The zero-order valence-electron chi connectivity index (χ0n) is 25.1. The van der Waals surface area contributed by atoms with Crippen molar-refractivity contribution in [3.8, 4) is 0 Å². The molecule has 15 heteroatoms. The second-order valence-corrected chi connectivity index (χ2v) is 10.4. The molecule has 1 atom stereocenters. The molecule has 4 amide bonds. The van der Waals surface area contributed by atoms with Crippen LogP contribution in [0.2, 0.25) is 0 Å². The van der Waals surface area contributed by atoms with Gasteiger partial charge in [0, 0.05) is 37.9 Å². The number of nitrogens with one attached hydrogen (secondary N) is 2. The van der Waals surface area contributed by atoms with Gasteiger partial charge >= 0.3 is 0 Å². The van der Waals surface area contributed by atoms with Gasteiger partial charge in [-0.05, 0) is 69.2 Å². The summed E-state index contributed by atoms with van der Waals surface area (Å²) in [5, 5.41) is 9.88. The van der Waals surface area contributed by atoms with Crippen molar-refractivity contribution in [1.29, 1.82) is 0 Å². The second-order valence-electron chi connectivity index (χ2n) is 10.4. The van der Waals surface area contributed by atoms with Crippen molar-refractivity contribution in [2.75, 3.05) is 17.7 Å². The van der Waals surface area contributed by atoms with Gasteiger partial charge in [0.2, 0.25) is 30.1 Å². The third-order valence-electron chi connectivity index (χ3n) is 7.60. The number of primary amides is 2. The van der Waals surface area contributed by atoms with Crippen LogP contribution in [0.4, 0.5) is 11.9 Å². The van der Waals surface area contributed by atoms with Gasteiger partial charge < -0.3 is 25.3 Å². The molecule has 1 unspecified atom stereocenters. The van der Waals surface area contributed by atoms with Gasteiger partial charge in [-0.3, -0.25) is 34.5 Å². The van der Waals surface area contributed by atoms with Crippen LogP contribution in [0.25, 0.3) is 22.1 Å². The number of hydrogen-bond acceptors (Lipinski definition) is 8. The van der Waals surface area contributed by atoms with Crippen molar-refractivity contribution in [3.05, 3.63) is 65.0 Å². The number of aromatic nitrogens is 6. The summed E-state index contributed by atoms with van der Waals surface area (Å²) >= 11 is 0. The summed E-state index contributed by atoms with van der Waals surface area (Å²) in [7, 11) is 1.61. The SMILES string of the molecule is CCn1nc(C)cc1C(=O)Nc1nc2cc(C(N)=O)ccc2n1CCC(CCn1c(NC=O)nc2cc(C(N)=O)ccc21)OC. The number of amides is 4. The summed E-state index contributed by atoms with van der Waals surface area (Å²) in [6.45, 7) is 5.10. The van der Waals surface area contributed by atoms with Crippen LogP contribution in [-0.2, 0) is 29.2 Å². The minimum Gasteiger partial charge on any atom is -0.381 e. The third kappa shape index (κ3) is 6.38. The number of carbonyl (C=O) groups is 4. The molecule has 3 aromatic heterocycles.